The van der Waals surface area contributed by atoms with Crippen LogP contribution in [0.15, 0.2) is 45.9 Å². The number of rotatable bonds is 3. The molecule has 2 rings (SSSR count). The molecule has 1 aromatic carbocycles. The summed E-state index contributed by atoms with van der Waals surface area (Å²) < 4.78 is 42.9. The van der Waals surface area contributed by atoms with E-state index in [0.29, 0.717) is 10.6 Å². The van der Waals surface area contributed by atoms with Crippen molar-refractivity contribution in [3.05, 3.63) is 53.5 Å². The Morgan fingerprint density at radius 2 is 2.05 bits per heavy atom. The zero-order valence-corrected chi connectivity index (χ0v) is 10.4. The Bertz CT molecular complexity index is 599. The van der Waals surface area contributed by atoms with Crippen molar-refractivity contribution in [2.75, 3.05) is 0 Å². The second-order valence-corrected chi connectivity index (χ2v) is 4.73. The van der Waals surface area contributed by atoms with Gasteiger partial charge in [-0.1, -0.05) is 0 Å². The first-order valence-corrected chi connectivity index (χ1v) is 6.26. The van der Waals surface area contributed by atoms with E-state index in [1.54, 1.807) is 18.2 Å². The van der Waals surface area contributed by atoms with Crippen LogP contribution in [0.2, 0.25) is 0 Å². The van der Waals surface area contributed by atoms with Crippen molar-refractivity contribution in [2.24, 2.45) is 0 Å². The molecular formula is C13H8F3NOS. The van der Waals surface area contributed by atoms with Crippen LogP contribution < -0.4 is 0 Å². The number of furan rings is 1. The molecule has 0 saturated carbocycles. The largest absolute Gasteiger partial charge is 0.468 e. The summed E-state index contributed by atoms with van der Waals surface area (Å²) in [5, 5.41) is 8.78. The molecule has 0 amide bonds. The van der Waals surface area contributed by atoms with E-state index in [4.69, 9.17) is 9.68 Å². The summed E-state index contributed by atoms with van der Waals surface area (Å²) in [7, 11) is 0. The van der Waals surface area contributed by atoms with E-state index in [-0.39, 0.29) is 5.56 Å². The first-order chi connectivity index (χ1) is 9.00. The van der Waals surface area contributed by atoms with Gasteiger partial charge < -0.3 is 4.42 Å². The molecule has 2 aromatic rings. The quantitative estimate of drug-likeness (QED) is 0.780. The Labute approximate surface area is 111 Å². The van der Waals surface area contributed by atoms with Crippen molar-refractivity contribution in [3.63, 3.8) is 0 Å². The normalized spacial score (nSPS) is 11.3. The first kappa shape index (κ1) is 13.6. The monoisotopic (exact) mass is 283 g/mol. The molecule has 0 aliphatic rings. The molecule has 0 unspecified atom stereocenters. The van der Waals surface area contributed by atoms with Crippen LogP contribution >= 0.6 is 11.8 Å². The fourth-order valence-corrected chi connectivity index (χ4v) is 2.34. The summed E-state index contributed by atoms with van der Waals surface area (Å²) in [6.07, 6.45) is -2.97. The van der Waals surface area contributed by atoms with E-state index in [2.05, 4.69) is 0 Å². The van der Waals surface area contributed by atoms with Gasteiger partial charge in [-0.05, 0) is 30.3 Å². The van der Waals surface area contributed by atoms with Gasteiger partial charge in [0.25, 0.3) is 0 Å². The van der Waals surface area contributed by atoms with Gasteiger partial charge in [0.05, 0.1) is 29.2 Å². The standard InChI is InChI=1S/C13H8F3NOS/c14-13(15,16)12-4-3-11(6-9(12)7-17)19-8-10-2-1-5-18-10/h1-6H,8H2. The summed E-state index contributed by atoms with van der Waals surface area (Å²) in [5.74, 6) is 1.23. The third-order valence-electron chi connectivity index (χ3n) is 2.38. The SMILES string of the molecule is N#Cc1cc(SCc2ccco2)ccc1C(F)(F)F. The van der Waals surface area contributed by atoms with Crippen LogP contribution in [0.5, 0.6) is 0 Å². The molecule has 1 heterocycles. The highest BCUT2D eigenvalue weighted by Crippen LogP contribution is 2.34. The lowest BCUT2D eigenvalue weighted by Gasteiger charge is -2.09. The molecule has 0 spiro atoms. The maximum Gasteiger partial charge on any atom is 0.417 e. The third-order valence-corrected chi connectivity index (χ3v) is 3.39. The topological polar surface area (TPSA) is 36.9 Å². The molecule has 6 heteroatoms. The number of nitrogens with zero attached hydrogens (tertiary/aromatic N) is 1. The van der Waals surface area contributed by atoms with Gasteiger partial charge in [0.2, 0.25) is 0 Å². The van der Waals surface area contributed by atoms with E-state index in [1.807, 2.05) is 0 Å². The fourth-order valence-electron chi connectivity index (χ4n) is 1.50. The third kappa shape index (κ3) is 3.32. The number of alkyl halides is 3. The fraction of sp³-hybridized carbons (Fsp3) is 0.154. The van der Waals surface area contributed by atoms with Crippen molar-refractivity contribution in [1.29, 1.82) is 5.26 Å². The van der Waals surface area contributed by atoms with Gasteiger partial charge in [-0.3, -0.25) is 0 Å². The van der Waals surface area contributed by atoms with Crippen LogP contribution in [0, 0.1) is 11.3 Å². The van der Waals surface area contributed by atoms with E-state index in [9.17, 15) is 13.2 Å². The highest BCUT2D eigenvalue weighted by molar-refractivity contribution is 7.98. The molecule has 0 aliphatic carbocycles. The molecule has 19 heavy (non-hydrogen) atoms. The summed E-state index contributed by atoms with van der Waals surface area (Å²) >= 11 is 1.31. The molecule has 0 aliphatic heterocycles. The van der Waals surface area contributed by atoms with Crippen LogP contribution in [0.3, 0.4) is 0 Å². The van der Waals surface area contributed by atoms with Gasteiger partial charge in [-0.15, -0.1) is 11.8 Å². The number of nitriles is 1. The molecular weight excluding hydrogens is 275 g/mol. The molecule has 0 radical (unpaired) electrons. The molecule has 0 atom stereocenters. The Morgan fingerprint density at radius 3 is 2.63 bits per heavy atom. The van der Waals surface area contributed by atoms with E-state index in [0.717, 1.165) is 11.8 Å². The predicted molar refractivity (Wildman–Crippen MR) is 64.4 cm³/mol. The van der Waals surface area contributed by atoms with E-state index >= 15 is 0 Å². The lowest BCUT2D eigenvalue weighted by Crippen LogP contribution is -2.07. The van der Waals surface area contributed by atoms with Crippen molar-refractivity contribution in [3.8, 4) is 6.07 Å². The average Bonchev–Trinajstić information content (AvgIpc) is 2.88. The summed E-state index contributed by atoms with van der Waals surface area (Å²) in [5.41, 5.74) is -1.27. The average molecular weight is 283 g/mol. The van der Waals surface area contributed by atoms with Gasteiger partial charge in [-0.2, -0.15) is 18.4 Å². The number of benzene rings is 1. The highest BCUT2D eigenvalue weighted by atomic mass is 32.2. The van der Waals surface area contributed by atoms with Gasteiger partial charge in [0, 0.05) is 4.90 Å². The van der Waals surface area contributed by atoms with Crippen molar-refractivity contribution >= 4 is 11.8 Å². The van der Waals surface area contributed by atoms with Gasteiger partial charge in [0.1, 0.15) is 5.76 Å². The van der Waals surface area contributed by atoms with Gasteiger partial charge in [-0.25, -0.2) is 0 Å². The van der Waals surface area contributed by atoms with Crippen molar-refractivity contribution in [2.45, 2.75) is 16.8 Å². The summed E-state index contributed by atoms with van der Waals surface area (Å²) in [6, 6.07) is 8.64. The molecule has 2 nitrogen and oxygen atoms in total. The van der Waals surface area contributed by atoms with Crippen molar-refractivity contribution < 1.29 is 17.6 Å². The Hall–Kier alpha value is -1.87. The predicted octanol–water partition coefficient (Wildman–Crippen LogP) is 4.46. The minimum absolute atomic E-state index is 0.364. The minimum Gasteiger partial charge on any atom is -0.468 e. The van der Waals surface area contributed by atoms with Crippen molar-refractivity contribution in [1.82, 2.24) is 0 Å². The Morgan fingerprint density at radius 1 is 1.26 bits per heavy atom. The Balaban J connectivity index is 2.18. The number of hydrogen-bond acceptors (Lipinski definition) is 3. The van der Waals surface area contributed by atoms with Gasteiger partial charge in [0.15, 0.2) is 0 Å². The number of hydrogen-bond donors (Lipinski definition) is 0. The highest BCUT2D eigenvalue weighted by Gasteiger charge is 2.33. The molecule has 0 bridgehead atoms. The Kier molecular flexibility index (Phi) is 3.86. The summed E-state index contributed by atoms with van der Waals surface area (Å²) in [4.78, 5) is 0.598. The number of thioether (sulfide) groups is 1. The second kappa shape index (κ2) is 5.41. The molecule has 0 N–H and O–H groups in total. The molecule has 98 valence electrons. The van der Waals surface area contributed by atoms with Crippen LogP contribution in [0.25, 0.3) is 0 Å². The minimum atomic E-state index is -4.50. The lowest BCUT2D eigenvalue weighted by molar-refractivity contribution is -0.137. The molecule has 0 saturated heterocycles. The van der Waals surface area contributed by atoms with Crippen LogP contribution in [0.4, 0.5) is 13.2 Å². The zero-order chi connectivity index (χ0) is 13.9. The van der Waals surface area contributed by atoms with Gasteiger partial charge >= 0.3 is 6.18 Å². The number of halogens is 3. The van der Waals surface area contributed by atoms with Crippen LogP contribution in [-0.4, -0.2) is 0 Å². The van der Waals surface area contributed by atoms with Crippen LogP contribution in [0.1, 0.15) is 16.9 Å². The maximum absolute atomic E-state index is 12.6. The molecule has 0 fully saturated rings. The lowest BCUT2D eigenvalue weighted by atomic mass is 10.1. The smallest absolute Gasteiger partial charge is 0.417 e. The zero-order valence-electron chi connectivity index (χ0n) is 9.57. The van der Waals surface area contributed by atoms with E-state index < -0.39 is 11.7 Å². The van der Waals surface area contributed by atoms with Crippen LogP contribution in [-0.2, 0) is 11.9 Å². The second-order valence-electron chi connectivity index (χ2n) is 3.68. The summed E-state index contributed by atoms with van der Waals surface area (Å²) in [6.45, 7) is 0. The van der Waals surface area contributed by atoms with E-state index in [1.165, 1.54) is 30.2 Å². The maximum atomic E-state index is 12.6. The molecule has 1 aromatic heterocycles. The first-order valence-electron chi connectivity index (χ1n) is 5.27.